The molecule has 1 fully saturated rings. The highest BCUT2D eigenvalue weighted by Gasteiger charge is 2.43. The molecule has 1 aromatic rings. The summed E-state index contributed by atoms with van der Waals surface area (Å²) in [7, 11) is 0. The Morgan fingerprint density at radius 2 is 2.13 bits per heavy atom. The van der Waals surface area contributed by atoms with E-state index in [1.54, 1.807) is 11.0 Å². The molecular weight excluding hydrogens is 316 g/mol. The van der Waals surface area contributed by atoms with Crippen LogP contribution in [-0.4, -0.2) is 35.3 Å². The van der Waals surface area contributed by atoms with Crippen LogP contribution in [-0.2, 0) is 4.79 Å². The van der Waals surface area contributed by atoms with Crippen molar-refractivity contribution in [1.29, 1.82) is 5.26 Å². The maximum Gasteiger partial charge on any atom is 0.236 e. The van der Waals surface area contributed by atoms with Gasteiger partial charge in [-0.3, -0.25) is 9.59 Å². The second-order valence-corrected chi connectivity index (χ2v) is 6.61. The first-order valence-corrected chi connectivity index (χ1v) is 7.99. The topological polar surface area (TPSA) is 70.4 Å². The minimum atomic E-state index is -0.548. The summed E-state index contributed by atoms with van der Waals surface area (Å²) in [6.45, 7) is 2.90. The number of amides is 1. The van der Waals surface area contributed by atoms with Gasteiger partial charge in [-0.05, 0) is 24.6 Å². The number of fused-ring (bicyclic) bond motifs is 1. The number of hydrogen-bond acceptors (Lipinski definition) is 4. The number of ketones is 1. The molecule has 6 heteroatoms. The lowest BCUT2D eigenvalue weighted by Crippen LogP contribution is -2.52. The van der Waals surface area contributed by atoms with Crippen LogP contribution in [0.5, 0.6) is 5.75 Å². The molecule has 5 nitrogen and oxygen atoms in total. The number of nitrogens with zero attached hydrogens (tertiary/aromatic N) is 2. The number of likely N-dealkylation sites (tertiary alicyclic amines) is 1. The van der Waals surface area contributed by atoms with E-state index in [1.165, 1.54) is 0 Å². The quantitative estimate of drug-likeness (QED) is 0.792. The van der Waals surface area contributed by atoms with Crippen LogP contribution < -0.4 is 4.74 Å². The number of carbonyl (C=O) groups excluding carboxylic acids is 2. The van der Waals surface area contributed by atoms with Gasteiger partial charge in [-0.15, -0.1) is 0 Å². The van der Waals surface area contributed by atoms with E-state index >= 15 is 0 Å². The summed E-state index contributed by atoms with van der Waals surface area (Å²) in [5, 5.41) is 9.19. The highest BCUT2D eigenvalue weighted by Crippen LogP contribution is 2.41. The lowest BCUT2D eigenvalue weighted by Gasteiger charge is -2.44. The van der Waals surface area contributed by atoms with Crippen LogP contribution in [0.2, 0.25) is 5.02 Å². The van der Waals surface area contributed by atoms with Gasteiger partial charge in [-0.2, -0.15) is 5.26 Å². The minimum Gasteiger partial charge on any atom is -0.486 e. The van der Waals surface area contributed by atoms with Crippen molar-refractivity contribution in [3.05, 3.63) is 28.3 Å². The second kappa shape index (κ2) is 5.86. The first-order valence-electron chi connectivity index (χ1n) is 7.61. The van der Waals surface area contributed by atoms with Crippen LogP contribution in [0.3, 0.4) is 0 Å². The van der Waals surface area contributed by atoms with Crippen LogP contribution in [0.4, 0.5) is 0 Å². The van der Waals surface area contributed by atoms with E-state index in [-0.39, 0.29) is 18.1 Å². The van der Waals surface area contributed by atoms with Gasteiger partial charge in [0.25, 0.3) is 0 Å². The van der Waals surface area contributed by atoms with E-state index in [0.717, 1.165) is 5.56 Å². The molecule has 1 saturated heterocycles. The number of nitriles is 1. The molecule has 0 aliphatic carbocycles. The zero-order chi connectivity index (χ0) is 16.6. The highest BCUT2D eigenvalue weighted by molar-refractivity contribution is 6.31. The smallest absolute Gasteiger partial charge is 0.236 e. The number of piperidine rings is 1. The van der Waals surface area contributed by atoms with Crippen LogP contribution in [0.25, 0.3) is 0 Å². The molecule has 0 radical (unpaired) electrons. The van der Waals surface area contributed by atoms with E-state index in [4.69, 9.17) is 21.6 Å². The fraction of sp³-hybridized carbons (Fsp3) is 0.471. The molecule has 2 aliphatic heterocycles. The molecule has 1 spiro atoms. The number of aryl methyl sites for hydroxylation is 1. The monoisotopic (exact) mass is 332 g/mol. The van der Waals surface area contributed by atoms with Crippen molar-refractivity contribution in [2.75, 3.05) is 13.1 Å². The van der Waals surface area contributed by atoms with Crippen molar-refractivity contribution < 1.29 is 14.3 Å². The Kier molecular flexibility index (Phi) is 4.03. The first kappa shape index (κ1) is 15.8. The molecule has 0 unspecified atom stereocenters. The van der Waals surface area contributed by atoms with Gasteiger partial charge in [0.1, 0.15) is 17.8 Å². The summed E-state index contributed by atoms with van der Waals surface area (Å²) in [4.78, 5) is 25.9. The minimum absolute atomic E-state index is 0.0324. The highest BCUT2D eigenvalue weighted by atomic mass is 35.5. The van der Waals surface area contributed by atoms with Crippen molar-refractivity contribution in [3.8, 4) is 11.8 Å². The molecule has 1 amide bonds. The van der Waals surface area contributed by atoms with Gasteiger partial charge in [0.05, 0.1) is 18.1 Å². The molecule has 2 aliphatic rings. The molecule has 0 atom stereocenters. The van der Waals surface area contributed by atoms with Crippen molar-refractivity contribution in [3.63, 3.8) is 0 Å². The average Bonchev–Trinajstić information content (AvgIpc) is 2.50. The van der Waals surface area contributed by atoms with Gasteiger partial charge in [0.2, 0.25) is 5.91 Å². The lowest BCUT2D eigenvalue weighted by molar-refractivity contribution is -0.133. The third-order valence-electron chi connectivity index (χ3n) is 4.63. The predicted molar refractivity (Wildman–Crippen MR) is 84.5 cm³/mol. The normalized spacial score (nSPS) is 19.0. The summed E-state index contributed by atoms with van der Waals surface area (Å²) in [6.07, 6.45) is 1.39. The predicted octanol–water partition coefficient (Wildman–Crippen LogP) is 2.89. The van der Waals surface area contributed by atoms with Crippen molar-refractivity contribution in [2.24, 2.45) is 0 Å². The Labute approximate surface area is 139 Å². The number of halogens is 1. The molecular formula is C17H17ClN2O3. The summed E-state index contributed by atoms with van der Waals surface area (Å²) in [5.74, 6) is 0.456. The van der Waals surface area contributed by atoms with Crippen molar-refractivity contribution in [1.82, 2.24) is 4.90 Å². The largest absolute Gasteiger partial charge is 0.486 e. The molecule has 23 heavy (non-hydrogen) atoms. The molecule has 1 aromatic carbocycles. The Morgan fingerprint density at radius 1 is 1.43 bits per heavy atom. The fourth-order valence-corrected chi connectivity index (χ4v) is 3.40. The van der Waals surface area contributed by atoms with Crippen LogP contribution in [0, 0.1) is 18.3 Å². The Morgan fingerprint density at radius 3 is 2.78 bits per heavy atom. The van der Waals surface area contributed by atoms with Gasteiger partial charge in [0, 0.05) is 31.0 Å². The number of rotatable bonds is 1. The molecule has 0 saturated carbocycles. The number of carbonyl (C=O) groups is 2. The molecule has 0 aromatic heterocycles. The standard InChI is InChI=1S/C17H17ClN2O3/c1-11-8-15-12(9-13(11)18)14(21)10-17(23-15)3-6-20(7-4-17)16(22)2-5-19/h8-9H,2-4,6-7,10H2,1H3. The molecule has 120 valence electrons. The van der Waals surface area contributed by atoms with Gasteiger partial charge in [-0.25, -0.2) is 0 Å². The number of ether oxygens (including phenoxy) is 1. The second-order valence-electron chi connectivity index (χ2n) is 6.20. The SMILES string of the molecule is Cc1cc2c(cc1Cl)C(=O)CC1(CCN(C(=O)CC#N)CC1)O2. The summed E-state index contributed by atoms with van der Waals surface area (Å²) >= 11 is 6.09. The maximum absolute atomic E-state index is 12.5. The zero-order valence-corrected chi connectivity index (χ0v) is 13.7. The first-order chi connectivity index (χ1) is 10.9. The Balaban J connectivity index is 1.79. The van der Waals surface area contributed by atoms with Crippen LogP contribution in [0.1, 0.15) is 41.6 Å². The Hall–Kier alpha value is -2.06. The maximum atomic E-state index is 12.5. The Bertz CT molecular complexity index is 715. The van der Waals surface area contributed by atoms with Crippen LogP contribution in [0.15, 0.2) is 12.1 Å². The molecule has 0 N–H and O–H groups in total. The van der Waals surface area contributed by atoms with Gasteiger partial charge < -0.3 is 9.64 Å². The van der Waals surface area contributed by atoms with Crippen molar-refractivity contribution >= 4 is 23.3 Å². The summed E-state index contributed by atoms with van der Waals surface area (Å²) in [6, 6.07) is 5.36. The van der Waals surface area contributed by atoms with E-state index in [1.807, 2.05) is 19.1 Å². The van der Waals surface area contributed by atoms with Crippen LogP contribution >= 0.6 is 11.6 Å². The van der Waals surface area contributed by atoms with Crippen molar-refractivity contribution in [2.45, 2.75) is 38.2 Å². The van der Waals surface area contributed by atoms with E-state index in [9.17, 15) is 9.59 Å². The third-order valence-corrected chi connectivity index (χ3v) is 5.04. The van der Waals surface area contributed by atoms with Gasteiger partial charge in [-0.1, -0.05) is 11.6 Å². The summed E-state index contributed by atoms with van der Waals surface area (Å²) in [5.41, 5.74) is 0.861. The van der Waals surface area contributed by atoms with E-state index < -0.39 is 5.60 Å². The fourth-order valence-electron chi connectivity index (χ4n) is 3.24. The number of benzene rings is 1. The molecule has 2 heterocycles. The number of Topliss-reactive ketones (excluding diaryl/α,β-unsaturated/α-hetero) is 1. The van der Waals surface area contributed by atoms with E-state index in [0.29, 0.717) is 48.7 Å². The van der Waals surface area contributed by atoms with Gasteiger partial charge >= 0.3 is 0 Å². The average molecular weight is 333 g/mol. The third kappa shape index (κ3) is 2.91. The molecule has 0 bridgehead atoms. The van der Waals surface area contributed by atoms with E-state index in [2.05, 4.69) is 0 Å². The lowest BCUT2D eigenvalue weighted by atomic mass is 9.82. The van der Waals surface area contributed by atoms with Gasteiger partial charge in [0.15, 0.2) is 5.78 Å². The zero-order valence-electron chi connectivity index (χ0n) is 12.9. The molecule has 3 rings (SSSR count). The summed E-state index contributed by atoms with van der Waals surface area (Å²) < 4.78 is 6.17. The number of hydrogen-bond donors (Lipinski definition) is 0.